The molecule has 0 aliphatic heterocycles. The Morgan fingerprint density at radius 3 is 2.19 bits per heavy atom. The molecule has 0 fully saturated rings. The highest BCUT2D eigenvalue weighted by Gasteiger charge is 2.33. The summed E-state index contributed by atoms with van der Waals surface area (Å²) in [6.45, 7) is 4.01. The minimum absolute atomic E-state index is 0.238. The molecule has 0 heterocycles. The molecule has 2 N–H and O–H groups in total. The van der Waals surface area contributed by atoms with Crippen LogP contribution in [0.3, 0.4) is 0 Å². The van der Waals surface area contributed by atoms with Gasteiger partial charge in [0.15, 0.2) is 0 Å². The number of aryl methyl sites for hydroxylation is 2. The highest BCUT2D eigenvalue weighted by molar-refractivity contribution is 7.98. The Morgan fingerprint density at radius 2 is 1.62 bits per heavy atom. The SMILES string of the molecule is Cc1cc(C)cc(CSc2ccc(N)c(C(F)(F)F)c2)c1. The fourth-order valence-corrected chi connectivity index (χ4v) is 3.06. The van der Waals surface area contributed by atoms with Crippen LogP contribution in [0.25, 0.3) is 0 Å². The van der Waals surface area contributed by atoms with Gasteiger partial charge in [0.1, 0.15) is 0 Å². The van der Waals surface area contributed by atoms with Gasteiger partial charge in [-0.15, -0.1) is 11.8 Å². The smallest absolute Gasteiger partial charge is 0.398 e. The molecular formula is C16H16F3NS. The number of benzene rings is 2. The second kappa shape index (κ2) is 6.02. The molecule has 2 rings (SSSR count). The van der Waals surface area contributed by atoms with Crippen molar-refractivity contribution < 1.29 is 13.2 Å². The third kappa shape index (κ3) is 4.17. The molecule has 112 valence electrons. The maximum Gasteiger partial charge on any atom is 0.418 e. The van der Waals surface area contributed by atoms with Crippen LogP contribution in [0.1, 0.15) is 22.3 Å². The Balaban J connectivity index is 2.17. The minimum Gasteiger partial charge on any atom is -0.398 e. The van der Waals surface area contributed by atoms with Crippen molar-refractivity contribution in [3.63, 3.8) is 0 Å². The van der Waals surface area contributed by atoms with Crippen molar-refractivity contribution in [2.45, 2.75) is 30.7 Å². The maximum atomic E-state index is 12.8. The molecule has 5 heteroatoms. The van der Waals surface area contributed by atoms with Gasteiger partial charge < -0.3 is 5.73 Å². The van der Waals surface area contributed by atoms with Gasteiger partial charge in [-0.25, -0.2) is 0 Å². The number of thioether (sulfide) groups is 1. The standard InChI is InChI=1S/C16H16F3NS/c1-10-5-11(2)7-12(6-10)9-21-13-3-4-15(20)14(8-13)16(17,18)19/h3-8H,9,20H2,1-2H3. The zero-order valence-corrected chi connectivity index (χ0v) is 12.6. The summed E-state index contributed by atoms with van der Waals surface area (Å²) in [6, 6.07) is 10.2. The summed E-state index contributed by atoms with van der Waals surface area (Å²) in [6.07, 6.45) is -4.42. The fraction of sp³-hybridized carbons (Fsp3) is 0.250. The number of hydrogen-bond acceptors (Lipinski definition) is 2. The van der Waals surface area contributed by atoms with Gasteiger partial charge in [0.05, 0.1) is 5.56 Å². The van der Waals surface area contributed by atoms with E-state index in [1.165, 1.54) is 17.8 Å². The quantitative estimate of drug-likeness (QED) is 0.623. The summed E-state index contributed by atoms with van der Waals surface area (Å²) in [4.78, 5) is 0.565. The van der Waals surface area contributed by atoms with Gasteiger partial charge in [0, 0.05) is 16.3 Å². The molecule has 0 saturated heterocycles. The van der Waals surface area contributed by atoms with Crippen LogP contribution < -0.4 is 5.73 Å². The number of nitrogens with two attached hydrogens (primary N) is 1. The van der Waals surface area contributed by atoms with Crippen LogP contribution in [0.15, 0.2) is 41.3 Å². The molecular weight excluding hydrogens is 295 g/mol. The zero-order valence-electron chi connectivity index (χ0n) is 11.8. The van der Waals surface area contributed by atoms with Gasteiger partial charge in [-0.2, -0.15) is 13.2 Å². The molecule has 0 bridgehead atoms. The summed E-state index contributed by atoms with van der Waals surface area (Å²) in [7, 11) is 0. The van der Waals surface area contributed by atoms with Crippen molar-refractivity contribution in [1.82, 2.24) is 0 Å². The van der Waals surface area contributed by atoms with Gasteiger partial charge in [-0.3, -0.25) is 0 Å². The summed E-state index contributed by atoms with van der Waals surface area (Å²) in [5, 5.41) is 0. The number of anilines is 1. The van der Waals surface area contributed by atoms with E-state index in [2.05, 4.69) is 6.07 Å². The predicted molar refractivity (Wildman–Crippen MR) is 81.3 cm³/mol. The van der Waals surface area contributed by atoms with Crippen LogP contribution in [0.4, 0.5) is 18.9 Å². The lowest BCUT2D eigenvalue weighted by Crippen LogP contribution is -2.08. The fourth-order valence-electron chi connectivity index (χ4n) is 2.19. The van der Waals surface area contributed by atoms with E-state index in [-0.39, 0.29) is 5.69 Å². The number of alkyl halides is 3. The molecule has 0 radical (unpaired) electrons. The molecule has 0 aliphatic carbocycles. The van der Waals surface area contributed by atoms with E-state index in [1.807, 2.05) is 26.0 Å². The number of halogens is 3. The normalized spacial score (nSPS) is 11.7. The van der Waals surface area contributed by atoms with Crippen molar-refractivity contribution in [3.05, 3.63) is 58.7 Å². The van der Waals surface area contributed by atoms with Crippen molar-refractivity contribution >= 4 is 17.4 Å². The summed E-state index contributed by atoms with van der Waals surface area (Å²) >= 11 is 1.37. The Morgan fingerprint density at radius 1 is 1.00 bits per heavy atom. The molecule has 2 aromatic rings. The second-order valence-corrected chi connectivity index (χ2v) is 6.08. The topological polar surface area (TPSA) is 26.0 Å². The van der Waals surface area contributed by atoms with E-state index in [1.54, 1.807) is 6.07 Å². The molecule has 0 aliphatic rings. The molecule has 0 spiro atoms. The zero-order chi connectivity index (χ0) is 15.6. The van der Waals surface area contributed by atoms with E-state index >= 15 is 0 Å². The van der Waals surface area contributed by atoms with Gasteiger partial charge >= 0.3 is 6.18 Å². The average Bonchev–Trinajstić information content (AvgIpc) is 2.35. The first-order valence-corrected chi connectivity index (χ1v) is 7.41. The Hall–Kier alpha value is -1.62. The predicted octanol–water partition coefficient (Wildman–Crippen LogP) is 5.20. The first kappa shape index (κ1) is 15.8. The molecule has 0 saturated carbocycles. The van der Waals surface area contributed by atoms with Crippen LogP contribution in [0, 0.1) is 13.8 Å². The molecule has 0 atom stereocenters. The molecule has 0 aromatic heterocycles. The third-order valence-electron chi connectivity index (χ3n) is 3.02. The van der Waals surface area contributed by atoms with E-state index in [0.29, 0.717) is 10.6 Å². The first-order chi connectivity index (χ1) is 9.75. The van der Waals surface area contributed by atoms with E-state index < -0.39 is 11.7 Å². The number of rotatable bonds is 3. The molecule has 0 amide bonds. The largest absolute Gasteiger partial charge is 0.418 e. The highest BCUT2D eigenvalue weighted by atomic mass is 32.2. The van der Waals surface area contributed by atoms with Gasteiger partial charge in [-0.1, -0.05) is 29.3 Å². The first-order valence-electron chi connectivity index (χ1n) is 6.42. The minimum atomic E-state index is -4.42. The van der Waals surface area contributed by atoms with Gasteiger partial charge in [0.25, 0.3) is 0 Å². The van der Waals surface area contributed by atoms with Crippen molar-refractivity contribution in [3.8, 4) is 0 Å². The molecule has 21 heavy (non-hydrogen) atoms. The van der Waals surface area contributed by atoms with Crippen molar-refractivity contribution in [2.75, 3.05) is 5.73 Å². The van der Waals surface area contributed by atoms with Crippen LogP contribution >= 0.6 is 11.8 Å². The summed E-state index contributed by atoms with van der Waals surface area (Å²) < 4.78 is 38.4. The number of nitrogen functional groups attached to an aromatic ring is 1. The summed E-state index contributed by atoms with van der Waals surface area (Å²) in [5.74, 6) is 0.629. The van der Waals surface area contributed by atoms with Crippen LogP contribution in [0.2, 0.25) is 0 Å². The van der Waals surface area contributed by atoms with Gasteiger partial charge in [0.2, 0.25) is 0 Å². The van der Waals surface area contributed by atoms with E-state index in [0.717, 1.165) is 22.8 Å². The monoisotopic (exact) mass is 311 g/mol. The second-order valence-electron chi connectivity index (χ2n) is 5.03. The molecule has 2 aromatic carbocycles. The lowest BCUT2D eigenvalue weighted by molar-refractivity contribution is -0.137. The van der Waals surface area contributed by atoms with Crippen molar-refractivity contribution in [2.24, 2.45) is 0 Å². The Labute approximate surface area is 126 Å². The van der Waals surface area contributed by atoms with Crippen LogP contribution in [0.5, 0.6) is 0 Å². The van der Waals surface area contributed by atoms with Crippen LogP contribution in [-0.2, 0) is 11.9 Å². The molecule has 1 nitrogen and oxygen atoms in total. The van der Waals surface area contributed by atoms with Crippen LogP contribution in [-0.4, -0.2) is 0 Å². The third-order valence-corrected chi connectivity index (χ3v) is 4.08. The number of hydrogen-bond donors (Lipinski definition) is 1. The maximum absolute atomic E-state index is 12.8. The van der Waals surface area contributed by atoms with Gasteiger partial charge in [-0.05, 0) is 37.6 Å². The lowest BCUT2D eigenvalue weighted by Gasteiger charge is -2.12. The summed E-state index contributed by atoms with van der Waals surface area (Å²) in [5.41, 5.74) is 7.79. The average molecular weight is 311 g/mol. The van der Waals surface area contributed by atoms with Crippen molar-refractivity contribution in [1.29, 1.82) is 0 Å². The molecule has 0 unspecified atom stereocenters. The van der Waals surface area contributed by atoms with E-state index in [9.17, 15) is 13.2 Å². The Bertz CT molecular complexity index is 630. The Kier molecular flexibility index (Phi) is 4.52. The lowest BCUT2D eigenvalue weighted by atomic mass is 10.1. The highest BCUT2D eigenvalue weighted by Crippen LogP contribution is 2.36. The van der Waals surface area contributed by atoms with E-state index in [4.69, 9.17) is 5.73 Å².